The van der Waals surface area contributed by atoms with Gasteiger partial charge in [0.25, 0.3) is 0 Å². The Hall–Kier alpha value is -0.790. The summed E-state index contributed by atoms with van der Waals surface area (Å²) in [6.45, 7) is 0. The fourth-order valence-corrected chi connectivity index (χ4v) is 2.18. The third kappa shape index (κ3) is 2.33. The Bertz CT molecular complexity index is 220. The van der Waals surface area contributed by atoms with Gasteiger partial charge in [0, 0.05) is 18.2 Å². The summed E-state index contributed by atoms with van der Waals surface area (Å²) >= 11 is 0. The lowest BCUT2D eigenvalue weighted by Gasteiger charge is -2.16. The van der Waals surface area contributed by atoms with Crippen LogP contribution in [0.3, 0.4) is 0 Å². The summed E-state index contributed by atoms with van der Waals surface area (Å²) in [5, 5.41) is 7.09. The van der Waals surface area contributed by atoms with Gasteiger partial charge in [-0.15, -0.1) is 0 Å². The molecule has 2 nitrogen and oxygen atoms in total. The quantitative estimate of drug-likeness (QED) is 0.701. The Morgan fingerprint density at radius 1 is 1.15 bits per heavy atom. The largest absolute Gasteiger partial charge is 0.285 e. The van der Waals surface area contributed by atoms with E-state index in [1.165, 1.54) is 44.9 Å². The van der Waals surface area contributed by atoms with Crippen LogP contribution < -0.4 is 0 Å². The van der Waals surface area contributed by atoms with Crippen molar-refractivity contribution in [3.8, 4) is 0 Å². The molecule has 1 radical (unpaired) electrons. The summed E-state index contributed by atoms with van der Waals surface area (Å²) in [5.41, 5.74) is 1.15. The number of aromatic amines is 1. The lowest BCUT2D eigenvalue weighted by Crippen LogP contribution is -2.02. The molecule has 1 aromatic heterocycles. The Balaban J connectivity index is 1.96. The fraction of sp³-hybridized carbons (Fsp3) is 0.727. The maximum atomic E-state index is 4.23. The molecular weight excluding hydrogens is 160 g/mol. The normalized spacial score (nSPS) is 20.9. The zero-order valence-corrected chi connectivity index (χ0v) is 8.05. The molecule has 1 aliphatic rings. The van der Waals surface area contributed by atoms with Crippen molar-refractivity contribution in [1.29, 1.82) is 0 Å². The minimum atomic E-state index is 0.673. The minimum Gasteiger partial charge on any atom is -0.285 e. The number of aromatic nitrogens is 2. The first-order valence-corrected chi connectivity index (χ1v) is 5.38. The summed E-state index contributed by atoms with van der Waals surface area (Å²) in [6, 6.07) is 3.19. The third-order valence-corrected chi connectivity index (χ3v) is 2.96. The van der Waals surface area contributed by atoms with Crippen molar-refractivity contribution in [3.05, 3.63) is 18.0 Å². The van der Waals surface area contributed by atoms with Gasteiger partial charge in [-0.2, -0.15) is 5.10 Å². The monoisotopic (exact) mass is 177 g/mol. The lowest BCUT2D eigenvalue weighted by atomic mass is 9.89. The Labute approximate surface area is 79.7 Å². The third-order valence-electron chi connectivity index (χ3n) is 2.96. The zero-order chi connectivity index (χ0) is 8.93. The second-order valence-electron chi connectivity index (χ2n) is 3.96. The summed E-state index contributed by atoms with van der Waals surface area (Å²) in [5.74, 6) is 0.673. The van der Waals surface area contributed by atoms with Gasteiger partial charge in [0.05, 0.1) is 5.69 Å². The molecule has 0 aromatic carbocycles. The van der Waals surface area contributed by atoms with E-state index in [0.29, 0.717) is 5.92 Å². The molecular formula is C11H17N2. The van der Waals surface area contributed by atoms with Crippen LogP contribution in [0.2, 0.25) is 0 Å². The standard InChI is InChI=1S/C11H17N2/c1-2-4-6-10(7-5-3-1)11-8-9-12-13-11/h9-10H,1-7H2,(H,12,13). The van der Waals surface area contributed by atoms with Crippen LogP contribution in [0.1, 0.15) is 56.6 Å². The van der Waals surface area contributed by atoms with E-state index in [1.807, 2.05) is 6.20 Å². The fourth-order valence-electron chi connectivity index (χ4n) is 2.18. The van der Waals surface area contributed by atoms with Crippen LogP contribution in [0, 0.1) is 6.07 Å². The average molecular weight is 177 g/mol. The van der Waals surface area contributed by atoms with Gasteiger partial charge in [-0.05, 0) is 12.8 Å². The highest BCUT2D eigenvalue weighted by Gasteiger charge is 2.14. The molecule has 1 aliphatic carbocycles. The second-order valence-corrected chi connectivity index (χ2v) is 3.96. The predicted octanol–water partition coefficient (Wildman–Crippen LogP) is 3.04. The Morgan fingerprint density at radius 2 is 1.85 bits per heavy atom. The molecule has 0 atom stereocenters. The highest BCUT2D eigenvalue weighted by atomic mass is 15.1. The topological polar surface area (TPSA) is 28.7 Å². The number of nitrogens with one attached hydrogen (secondary N) is 1. The molecule has 0 aliphatic heterocycles. The maximum absolute atomic E-state index is 4.23. The molecule has 0 spiro atoms. The second kappa shape index (κ2) is 4.45. The number of hydrogen-bond donors (Lipinski definition) is 1. The first kappa shape index (κ1) is 8.79. The molecule has 1 N–H and O–H groups in total. The highest BCUT2D eigenvalue weighted by Crippen LogP contribution is 2.28. The molecule has 0 unspecified atom stereocenters. The summed E-state index contributed by atoms with van der Waals surface area (Å²) in [6.07, 6.45) is 11.4. The molecule has 1 fully saturated rings. The van der Waals surface area contributed by atoms with Crippen molar-refractivity contribution in [3.63, 3.8) is 0 Å². The Kier molecular flexibility index (Phi) is 3.01. The number of H-pyrrole nitrogens is 1. The van der Waals surface area contributed by atoms with E-state index >= 15 is 0 Å². The lowest BCUT2D eigenvalue weighted by molar-refractivity contribution is 0.449. The molecule has 1 saturated carbocycles. The van der Waals surface area contributed by atoms with Gasteiger partial charge in [-0.25, -0.2) is 0 Å². The van der Waals surface area contributed by atoms with Crippen molar-refractivity contribution in [2.24, 2.45) is 0 Å². The van der Waals surface area contributed by atoms with Crippen molar-refractivity contribution < 1.29 is 0 Å². The highest BCUT2D eigenvalue weighted by molar-refractivity contribution is 5.03. The van der Waals surface area contributed by atoms with Crippen LogP contribution in [0.4, 0.5) is 0 Å². The van der Waals surface area contributed by atoms with Gasteiger partial charge in [0.15, 0.2) is 0 Å². The van der Waals surface area contributed by atoms with E-state index < -0.39 is 0 Å². The number of hydrogen-bond acceptors (Lipinski definition) is 1. The van der Waals surface area contributed by atoms with Crippen molar-refractivity contribution in [2.75, 3.05) is 0 Å². The number of rotatable bonds is 1. The smallest absolute Gasteiger partial charge is 0.0732 e. The zero-order valence-electron chi connectivity index (χ0n) is 8.05. The first-order chi connectivity index (χ1) is 6.47. The minimum absolute atomic E-state index is 0.673. The predicted molar refractivity (Wildman–Crippen MR) is 52.5 cm³/mol. The molecule has 0 bridgehead atoms. The van der Waals surface area contributed by atoms with E-state index in [2.05, 4.69) is 16.3 Å². The van der Waals surface area contributed by atoms with Gasteiger partial charge in [-0.1, -0.05) is 32.1 Å². The molecule has 1 heterocycles. The Morgan fingerprint density at radius 3 is 2.46 bits per heavy atom. The van der Waals surface area contributed by atoms with Crippen molar-refractivity contribution >= 4 is 0 Å². The van der Waals surface area contributed by atoms with Gasteiger partial charge >= 0.3 is 0 Å². The molecule has 71 valence electrons. The number of nitrogens with zero attached hydrogens (tertiary/aromatic N) is 1. The van der Waals surface area contributed by atoms with Gasteiger partial charge in [0.2, 0.25) is 0 Å². The van der Waals surface area contributed by atoms with Crippen molar-refractivity contribution in [1.82, 2.24) is 10.2 Å². The van der Waals surface area contributed by atoms with E-state index in [0.717, 1.165) is 5.69 Å². The summed E-state index contributed by atoms with van der Waals surface area (Å²) in [7, 11) is 0. The molecule has 2 rings (SSSR count). The molecule has 0 amide bonds. The molecule has 2 heteroatoms. The van der Waals surface area contributed by atoms with Crippen LogP contribution in [-0.2, 0) is 0 Å². The first-order valence-electron chi connectivity index (χ1n) is 5.38. The molecule has 1 aromatic rings. The SMILES string of the molecule is [c]1c[nH]nc1C1CCCCCCC1. The van der Waals surface area contributed by atoms with Crippen LogP contribution in [-0.4, -0.2) is 10.2 Å². The van der Waals surface area contributed by atoms with E-state index in [4.69, 9.17) is 0 Å². The van der Waals surface area contributed by atoms with Gasteiger partial charge < -0.3 is 0 Å². The average Bonchev–Trinajstić information content (AvgIpc) is 2.55. The molecule has 0 saturated heterocycles. The van der Waals surface area contributed by atoms with Crippen LogP contribution >= 0.6 is 0 Å². The van der Waals surface area contributed by atoms with E-state index in [-0.39, 0.29) is 0 Å². The van der Waals surface area contributed by atoms with E-state index in [9.17, 15) is 0 Å². The summed E-state index contributed by atoms with van der Waals surface area (Å²) < 4.78 is 0. The van der Waals surface area contributed by atoms with Gasteiger partial charge in [0.1, 0.15) is 0 Å². The van der Waals surface area contributed by atoms with Crippen LogP contribution in [0.25, 0.3) is 0 Å². The van der Waals surface area contributed by atoms with Gasteiger partial charge in [-0.3, -0.25) is 5.10 Å². The molecule has 13 heavy (non-hydrogen) atoms. The van der Waals surface area contributed by atoms with Crippen molar-refractivity contribution in [2.45, 2.75) is 50.9 Å². The van der Waals surface area contributed by atoms with Crippen LogP contribution in [0.15, 0.2) is 6.20 Å². The van der Waals surface area contributed by atoms with Crippen LogP contribution in [0.5, 0.6) is 0 Å². The summed E-state index contributed by atoms with van der Waals surface area (Å²) in [4.78, 5) is 0. The maximum Gasteiger partial charge on any atom is 0.0732 e. The van der Waals surface area contributed by atoms with E-state index in [1.54, 1.807) is 0 Å².